The Kier molecular flexibility index (Phi) is 15.6. The maximum absolute atomic E-state index is 10.1. The van der Waals surface area contributed by atoms with Gasteiger partial charge in [0.2, 0.25) is 0 Å². The van der Waals surface area contributed by atoms with Crippen LogP contribution >= 0.6 is 0 Å². The molecule has 0 aliphatic rings. The summed E-state index contributed by atoms with van der Waals surface area (Å²) in [6, 6.07) is 12.0. The molecule has 0 aliphatic heterocycles. The van der Waals surface area contributed by atoms with Crippen LogP contribution in [0.4, 0.5) is 0 Å². The molecule has 0 N–H and O–H groups in total. The summed E-state index contributed by atoms with van der Waals surface area (Å²) in [5.74, 6) is -0.182. The summed E-state index contributed by atoms with van der Waals surface area (Å²) in [4.78, 5) is 10.1. The summed E-state index contributed by atoms with van der Waals surface area (Å²) in [6.07, 6.45) is 2.05. The molecule has 18 heavy (non-hydrogen) atoms. The van der Waals surface area contributed by atoms with Crippen molar-refractivity contribution in [1.82, 2.24) is 0 Å². The van der Waals surface area contributed by atoms with E-state index < -0.39 is 0 Å². The molecule has 0 amide bonds. The molecule has 0 bridgehead atoms. The van der Waals surface area contributed by atoms with E-state index >= 15 is 0 Å². The lowest BCUT2D eigenvalue weighted by Gasteiger charge is -1.96. The van der Waals surface area contributed by atoms with Gasteiger partial charge in [0.05, 0.1) is 12.7 Å². The van der Waals surface area contributed by atoms with E-state index in [9.17, 15) is 4.79 Å². The third-order valence-electron chi connectivity index (χ3n) is 1.74. The molecule has 0 heterocycles. The van der Waals surface area contributed by atoms with Gasteiger partial charge in [-0.15, -0.1) is 0 Å². The first-order valence-corrected chi connectivity index (χ1v) is 6.04. The van der Waals surface area contributed by atoms with Crippen molar-refractivity contribution in [3.63, 3.8) is 0 Å². The highest BCUT2D eigenvalue weighted by Crippen LogP contribution is 1.92. The fraction of sp³-hybridized carbons (Fsp3) is 0.467. The predicted molar refractivity (Wildman–Crippen MR) is 74.0 cm³/mol. The smallest absolute Gasteiger partial charge is 0.302 e. The van der Waals surface area contributed by atoms with E-state index in [4.69, 9.17) is 5.26 Å². The minimum Gasteiger partial charge on any atom is -0.466 e. The van der Waals surface area contributed by atoms with Gasteiger partial charge in [-0.05, 0) is 13.3 Å². The average molecular weight is 249 g/mol. The number of rotatable bonds is 3. The van der Waals surface area contributed by atoms with Crippen molar-refractivity contribution in [3.8, 4) is 6.07 Å². The molecule has 0 unspecified atom stereocenters. The maximum Gasteiger partial charge on any atom is 0.302 e. The van der Waals surface area contributed by atoms with Gasteiger partial charge in [-0.3, -0.25) is 4.79 Å². The Morgan fingerprint density at radius 1 is 1.33 bits per heavy atom. The monoisotopic (exact) mass is 249 g/mol. The SMILES string of the molecule is CC#N.CCCCOC(C)=O.Cc1ccccc1. The zero-order chi connectivity index (χ0) is 14.2. The first kappa shape index (κ1) is 18.5. The molecule has 100 valence electrons. The fourth-order valence-electron chi connectivity index (χ4n) is 0.895. The minimum absolute atomic E-state index is 0.182. The van der Waals surface area contributed by atoms with E-state index in [0.717, 1.165) is 12.8 Å². The molecule has 1 aromatic carbocycles. The van der Waals surface area contributed by atoms with Crippen LogP contribution in [0.5, 0.6) is 0 Å². The molecule has 1 aromatic rings. The molecule has 0 radical (unpaired) electrons. The van der Waals surface area contributed by atoms with Gasteiger partial charge in [0.25, 0.3) is 0 Å². The molecule has 3 heteroatoms. The van der Waals surface area contributed by atoms with Crippen LogP contribution in [0.3, 0.4) is 0 Å². The Labute approximate surface area is 110 Å². The summed E-state index contributed by atoms with van der Waals surface area (Å²) in [7, 11) is 0. The summed E-state index contributed by atoms with van der Waals surface area (Å²) < 4.78 is 4.64. The maximum atomic E-state index is 10.1. The molecule has 1 rings (SSSR count). The number of unbranched alkanes of at least 4 members (excludes halogenated alkanes) is 1. The third-order valence-corrected chi connectivity index (χ3v) is 1.74. The van der Waals surface area contributed by atoms with E-state index in [0.29, 0.717) is 6.61 Å². The lowest BCUT2D eigenvalue weighted by atomic mass is 10.2. The van der Waals surface area contributed by atoms with Crippen molar-refractivity contribution in [3.05, 3.63) is 35.9 Å². The average Bonchev–Trinajstić information content (AvgIpc) is 2.32. The summed E-state index contributed by atoms with van der Waals surface area (Å²) >= 11 is 0. The van der Waals surface area contributed by atoms with Gasteiger partial charge in [0.15, 0.2) is 0 Å². The van der Waals surface area contributed by atoms with Gasteiger partial charge < -0.3 is 4.74 Å². The molecule has 0 saturated carbocycles. The Hall–Kier alpha value is -1.82. The van der Waals surface area contributed by atoms with Gasteiger partial charge in [-0.2, -0.15) is 5.26 Å². The predicted octanol–water partition coefficient (Wildman–Crippen LogP) is 3.87. The van der Waals surface area contributed by atoms with Crippen molar-refractivity contribution in [2.75, 3.05) is 6.61 Å². The summed E-state index contributed by atoms with van der Waals surface area (Å²) in [6.45, 7) is 7.57. The van der Waals surface area contributed by atoms with E-state index in [-0.39, 0.29) is 5.97 Å². The van der Waals surface area contributed by atoms with Crippen LogP contribution in [-0.2, 0) is 9.53 Å². The summed E-state index contributed by atoms with van der Waals surface area (Å²) in [5, 5.41) is 7.32. The fourth-order valence-corrected chi connectivity index (χ4v) is 0.895. The van der Waals surface area contributed by atoms with Crippen LogP contribution < -0.4 is 0 Å². The first-order chi connectivity index (χ1) is 8.58. The Bertz CT molecular complexity index is 328. The highest BCUT2D eigenvalue weighted by atomic mass is 16.5. The second-order valence-electron chi connectivity index (χ2n) is 3.57. The number of aryl methyl sites for hydroxylation is 1. The van der Waals surface area contributed by atoms with E-state index in [1.54, 1.807) is 6.07 Å². The largest absolute Gasteiger partial charge is 0.466 e. The van der Waals surface area contributed by atoms with Crippen LogP contribution in [0, 0.1) is 18.3 Å². The molecule has 0 fully saturated rings. The number of carbonyl (C=O) groups is 1. The van der Waals surface area contributed by atoms with Gasteiger partial charge in [0.1, 0.15) is 0 Å². The topological polar surface area (TPSA) is 50.1 Å². The number of hydrogen-bond acceptors (Lipinski definition) is 3. The zero-order valence-corrected chi connectivity index (χ0v) is 11.8. The quantitative estimate of drug-likeness (QED) is 0.603. The van der Waals surface area contributed by atoms with Crippen LogP contribution in [0.2, 0.25) is 0 Å². The van der Waals surface area contributed by atoms with Crippen molar-refractivity contribution >= 4 is 5.97 Å². The van der Waals surface area contributed by atoms with Crippen LogP contribution in [0.15, 0.2) is 30.3 Å². The van der Waals surface area contributed by atoms with Gasteiger partial charge in [-0.25, -0.2) is 0 Å². The lowest BCUT2D eigenvalue weighted by molar-refractivity contribution is -0.141. The van der Waals surface area contributed by atoms with Gasteiger partial charge >= 0.3 is 5.97 Å². The van der Waals surface area contributed by atoms with Crippen molar-refractivity contribution in [1.29, 1.82) is 5.26 Å². The van der Waals surface area contributed by atoms with E-state index in [1.165, 1.54) is 19.4 Å². The minimum atomic E-state index is -0.182. The van der Waals surface area contributed by atoms with E-state index in [1.807, 2.05) is 18.2 Å². The van der Waals surface area contributed by atoms with Crippen molar-refractivity contribution in [2.45, 2.75) is 40.5 Å². The van der Waals surface area contributed by atoms with Crippen LogP contribution in [0.1, 0.15) is 39.2 Å². The molecule has 0 aromatic heterocycles. The highest BCUT2D eigenvalue weighted by molar-refractivity contribution is 5.65. The number of nitrogens with zero attached hydrogens (tertiary/aromatic N) is 1. The Morgan fingerprint density at radius 2 is 1.83 bits per heavy atom. The number of carbonyl (C=O) groups excluding carboxylic acids is 1. The second kappa shape index (κ2) is 15.2. The molecule has 0 atom stereocenters. The molecular formula is C15H23NO2. The second-order valence-corrected chi connectivity index (χ2v) is 3.57. The number of esters is 1. The number of ether oxygens (including phenoxy) is 1. The van der Waals surface area contributed by atoms with Gasteiger partial charge in [-0.1, -0.05) is 49.2 Å². The molecule has 3 nitrogen and oxygen atoms in total. The standard InChI is InChI=1S/C7H8.C6H12O2.C2H3N/c1-7-5-3-2-4-6-7;1-3-4-5-8-6(2)7;1-2-3/h2-6H,1H3;3-5H2,1-2H3;1H3. The van der Waals surface area contributed by atoms with Crippen molar-refractivity contribution < 1.29 is 9.53 Å². The summed E-state index contributed by atoms with van der Waals surface area (Å²) in [5.41, 5.74) is 1.32. The first-order valence-electron chi connectivity index (χ1n) is 6.04. The van der Waals surface area contributed by atoms with Gasteiger partial charge in [0, 0.05) is 13.8 Å². The molecule has 0 spiro atoms. The normalized spacial score (nSPS) is 7.72. The van der Waals surface area contributed by atoms with Crippen LogP contribution in [-0.4, -0.2) is 12.6 Å². The molecular weight excluding hydrogens is 226 g/mol. The zero-order valence-electron chi connectivity index (χ0n) is 11.8. The van der Waals surface area contributed by atoms with E-state index in [2.05, 4.69) is 30.7 Å². The molecule has 0 saturated heterocycles. The third kappa shape index (κ3) is 19.7. The Morgan fingerprint density at radius 3 is 2.11 bits per heavy atom. The van der Waals surface area contributed by atoms with Crippen molar-refractivity contribution in [2.24, 2.45) is 0 Å². The molecule has 0 aliphatic carbocycles. The number of benzene rings is 1. The number of hydrogen-bond donors (Lipinski definition) is 0. The lowest BCUT2D eigenvalue weighted by Crippen LogP contribution is -1.99. The van der Waals surface area contributed by atoms with Crippen LogP contribution in [0.25, 0.3) is 0 Å². The highest BCUT2D eigenvalue weighted by Gasteiger charge is 1.88. The Balaban J connectivity index is 0. The number of nitriles is 1.